The van der Waals surface area contributed by atoms with Crippen LogP contribution in [0.15, 0.2) is 48.7 Å². The van der Waals surface area contributed by atoms with E-state index in [-0.39, 0.29) is 18.7 Å². The van der Waals surface area contributed by atoms with Gasteiger partial charge in [-0.25, -0.2) is 0 Å². The second-order valence-electron chi connectivity index (χ2n) is 4.75. The van der Waals surface area contributed by atoms with Crippen LogP contribution in [0, 0.1) is 22.5 Å². The van der Waals surface area contributed by atoms with Gasteiger partial charge in [-0.2, -0.15) is 0 Å². The summed E-state index contributed by atoms with van der Waals surface area (Å²) in [5.41, 5.74) is 1.06. The number of nitrogens with zero attached hydrogens (tertiary/aromatic N) is 2. The number of hydrogen-bond donors (Lipinski definition) is 0. The van der Waals surface area contributed by atoms with Gasteiger partial charge in [0, 0.05) is 12.5 Å². The zero-order valence-electron chi connectivity index (χ0n) is 12.2. The number of carbonyl (C=O) groups is 1. The molecule has 1 aromatic carbocycles. The Labute approximate surface area is 133 Å². The lowest BCUT2D eigenvalue weighted by Gasteiger charge is -2.13. The third kappa shape index (κ3) is 4.38. The van der Waals surface area contributed by atoms with Crippen LogP contribution >= 0.6 is 0 Å². The largest absolute Gasteiger partial charge is 0.460 e. The Balaban J connectivity index is 2.09. The molecule has 1 aromatic heterocycles. The van der Waals surface area contributed by atoms with Crippen molar-refractivity contribution in [1.82, 2.24) is 4.98 Å². The minimum absolute atomic E-state index is 0.110. The minimum atomic E-state index is -0.746. The van der Waals surface area contributed by atoms with E-state index in [1.54, 1.807) is 0 Å². The van der Waals surface area contributed by atoms with Crippen molar-refractivity contribution in [2.75, 3.05) is 0 Å². The van der Waals surface area contributed by atoms with Crippen LogP contribution in [-0.4, -0.2) is 15.9 Å². The molecule has 0 fully saturated rings. The highest BCUT2D eigenvalue weighted by atomic mass is 16.6. The number of nitro groups is 1. The first-order valence-electron chi connectivity index (χ1n) is 6.86. The first kappa shape index (κ1) is 16.2. The van der Waals surface area contributed by atoms with E-state index in [1.807, 2.05) is 30.3 Å². The Morgan fingerprint density at radius 3 is 2.61 bits per heavy atom. The second kappa shape index (κ2) is 7.71. The Hall–Kier alpha value is -3.20. The molecule has 6 heteroatoms. The molecule has 6 nitrogen and oxygen atoms in total. The lowest BCUT2D eigenvalue weighted by molar-refractivity contribution is -0.385. The normalized spacial score (nSPS) is 11.3. The van der Waals surface area contributed by atoms with Gasteiger partial charge in [-0.3, -0.25) is 19.9 Å². The molecular weight excluding hydrogens is 296 g/mol. The van der Waals surface area contributed by atoms with Crippen molar-refractivity contribution in [3.05, 3.63) is 70.0 Å². The maximum absolute atomic E-state index is 12.2. The number of benzene rings is 1. The lowest BCUT2D eigenvalue weighted by atomic mass is 10.0. The highest BCUT2D eigenvalue weighted by Gasteiger charge is 2.23. The van der Waals surface area contributed by atoms with E-state index in [9.17, 15) is 14.9 Å². The van der Waals surface area contributed by atoms with Crippen LogP contribution in [0.3, 0.4) is 0 Å². The summed E-state index contributed by atoms with van der Waals surface area (Å²) in [6.07, 6.45) is 6.51. The Morgan fingerprint density at radius 2 is 2.04 bits per heavy atom. The predicted octanol–water partition coefficient (Wildman–Crippen LogP) is 2.84. The summed E-state index contributed by atoms with van der Waals surface area (Å²) >= 11 is 0. The molecule has 0 bridgehead atoms. The Bertz CT molecular complexity index is 721. The summed E-state index contributed by atoms with van der Waals surface area (Å²) in [7, 11) is 0. The predicted molar refractivity (Wildman–Crippen MR) is 83.3 cm³/mol. The van der Waals surface area contributed by atoms with Crippen molar-refractivity contribution in [3.8, 4) is 12.3 Å². The van der Waals surface area contributed by atoms with Crippen LogP contribution in [0.2, 0.25) is 0 Å². The molecule has 116 valence electrons. The fourth-order valence-corrected chi connectivity index (χ4v) is 1.97. The van der Waals surface area contributed by atoms with Crippen LogP contribution in [0.5, 0.6) is 0 Å². The molecule has 1 unspecified atom stereocenters. The molecule has 0 N–H and O–H groups in total. The molecule has 0 aliphatic carbocycles. The van der Waals surface area contributed by atoms with E-state index in [4.69, 9.17) is 11.2 Å². The molecule has 0 aliphatic rings. The number of pyridine rings is 1. The van der Waals surface area contributed by atoms with Crippen molar-refractivity contribution < 1.29 is 14.5 Å². The van der Waals surface area contributed by atoms with E-state index >= 15 is 0 Å². The summed E-state index contributed by atoms with van der Waals surface area (Å²) in [5.74, 6) is 1.16. The van der Waals surface area contributed by atoms with Crippen molar-refractivity contribution in [2.24, 2.45) is 0 Å². The topological polar surface area (TPSA) is 82.3 Å². The number of terminal acetylenes is 1. The van der Waals surface area contributed by atoms with E-state index in [2.05, 4.69) is 10.9 Å². The van der Waals surface area contributed by atoms with Crippen LogP contribution < -0.4 is 0 Å². The van der Waals surface area contributed by atoms with Crippen LogP contribution in [0.1, 0.15) is 23.6 Å². The molecule has 0 spiro atoms. The van der Waals surface area contributed by atoms with E-state index in [1.165, 1.54) is 12.1 Å². The van der Waals surface area contributed by atoms with Gasteiger partial charge in [0.25, 0.3) is 5.69 Å². The third-order valence-electron chi connectivity index (χ3n) is 3.17. The van der Waals surface area contributed by atoms with Gasteiger partial charge in [-0.1, -0.05) is 30.3 Å². The first-order valence-corrected chi connectivity index (χ1v) is 6.86. The van der Waals surface area contributed by atoms with Crippen LogP contribution in [0.25, 0.3) is 0 Å². The molecule has 0 aliphatic heterocycles. The zero-order chi connectivity index (χ0) is 16.7. The molecule has 0 saturated carbocycles. The SMILES string of the molecule is C#CCC(C(=O)OCc1ccccc1)c1ccc([N+](=O)[O-])cn1. The van der Waals surface area contributed by atoms with E-state index < -0.39 is 16.8 Å². The molecule has 0 saturated heterocycles. The highest BCUT2D eigenvalue weighted by molar-refractivity contribution is 5.78. The molecule has 23 heavy (non-hydrogen) atoms. The molecule has 2 aromatic rings. The number of hydrogen-bond acceptors (Lipinski definition) is 5. The summed E-state index contributed by atoms with van der Waals surface area (Å²) in [4.78, 5) is 26.3. The third-order valence-corrected chi connectivity index (χ3v) is 3.17. The number of esters is 1. The van der Waals surface area contributed by atoms with Gasteiger partial charge >= 0.3 is 5.97 Å². The smallest absolute Gasteiger partial charge is 0.316 e. The van der Waals surface area contributed by atoms with E-state index in [0.29, 0.717) is 5.69 Å². The van der Waals surface area contributed by atoms with Gasteiger partial charge in [-0.05, 0) is 11.6 Å². The monoisotopic (exact) mass is 310 g/mol. The average molecular weight is 310 g/mol. The Kier molecular flexibility index (Phi) is 5.42. The number of ether oxygens (including phenoxy) is 1. The van der Waals surface area contributed by atoms with Crippen molar-refractivity contribution in [2.45, 2.75) is 18.9 Å². The highest BCUT2D eigenvalue weighted by Crippen LogP contribution is 2.21. The van der Waals surface area contributed by atoms with E-state index in [0.717, 1.165) is 11.8 Å². The van der Waals surface area contributed by atoms with Gasteiger partial charge in [0.15, 0.2) is 0 Å². The van der Waals surface area contributed by atoms with Gasteiger partial charge in [-0.15, -0.1) is 12.3 Å². The molecule has 2 rings (SSSR count). The maximum Gasteiger partial charge on any atom is 0.316 e. The summed E-state index contributed by atoms with van der Waals surface area (Å²) in [5, 5.41) is 10.6. The lowest BCUT2D eigenvalue weighted by Crippen LogP contribution is -2.17. The quantitative estimate of drug-likeness (QED) is 0.354. The fraction of sp³-hybridized carbons (Fsp3) is 0.176. The fourth-order valence-electron chi connectivity index (χ4n) is 1.97. The standard InChI is InChI=1S/C17H14N2O4/c1-2-6-15(16-10-9-14(11-18-16)19(21)22)17(20)23-12-13-7-4-3-5-8-13/h1,3-5,7-11,15H,6,12H2. The molecule has 0 amide bonds. The second-order valence-corrected chi connectivity index (χ2v) is 4.75. The zero-order valence-corrected chi connectivity index (χ0v) is 12.2. The summed E-state index contributed by atoms with van der Waals surface area (Å²) in [6, 6.07) is 12.0. The summed E-state index contributed by atoms with van der Waals surface area (Å²) < 4.78 is 5.27. The van der Waals surface area contributed by atoms with Gasteiger partial charge < -0.3 is 4.74 Å². The van der Waals surface area contributed by atoms with Crippen LogP contribution in [-0.2, 0) is 16.1 Å². The van der Waals surface area contributed by atoms with Gasteiger partial charge in [0.2, 0.25) is 0 Å². The number of aromatic nitrogens is 1. The van der Waals surface area contributed by atoms with Gasteiger partial charge in [0.1, 0.15) is 18.7 Å². The number of carbonyl (C=O) groups excluding carboxylic acids is 1. The van der Waals surface area contributed by atoms with Crippen LogP contribution in [0.4, 0.5) is 5.69 Å². The van der Waals surface area contributed by atoms with Crippen molar-refractivity contribution >= 4 is 11.7 Å². The molecule has 0 radical (unpaired) electrons. The van der Waals surface area contributed by atoms with Gasteiger partial charge in [0.05, 0.1) is 10.6 Å². The number of rotatable bonds is 6. The average Bonchev–Trinajstić information content (AvgIpc) is 2.58. The first-order chi connectivity index (χ1) is 11.1. The summed E-state index contributed by atoms with van der Waals surface area (Å²) in [6.45, 7) is 0.133. The van der Waals surface area contributed by atoms with Crippen molar-refractivity contribution in [3.63, 3.8) is 0 Å². The minimum Gasteiger partial charge on any atom is -0.460 e. The van der Waals surface area contributed by atoms with Crippen molar-refractivity contribution in [1.29, 1.82) is 0 Å². The Morgan fingerprint density at radius 1 is 1.30 bits per heavy atom. The molecule has 1 atom stereocenters. The molecule has 1 heterocycles. The maximum atomic E-state index is 12.2. The molecular formula is C17H14N2O4.